The van der Waals surface area contributed by atoms with Gasteiger partial charge in [0.25, 0.3) is 0 Å². The lowest BCUT2D eigenvalue weighted by molar-refractivity contribution is -0.141. The number of carboxylic acids is 1. The molecule has 0 radical (unpaired) electrons. The van der Waals surface area contributed by atoms with E-state index in [0.29, 0.717) is 13.1 Å². The fourth-order valence-corrected chi connectivity index (χ4v) is 3.18. The number of aromatic nitrogens is 2. The summed E-state index contributed by atoms with van der Waals surface area (Å²) in [7, 11) is 0. The molecule has 1 fully saturated rings. The minimum atomic E-state index is -0.694. The van der Waals surface area contributed by atoms with Crippen molar-refractivity contribution in [2.75, 3.05) is 13.1 Å². The molecule has 0 aromatic carbocycles. The van der Waals surface area contributed by atoms with Crippen LogP contribution in [0.1, 0.15) is 12.1 Å². The van der Waals surface area contributed by atoms with Crippen LogP contribution in [0.25, 0.3) is 10.7 Å². The largest absolute Gasteiger partial charge is 0.481 e. The first-order valence-corrected chi connectivity index (χ1v) is 7.41. The molecule has 1 aliphatic rings. The normalized spacial score (nSPS) is 19.3. The van der Waals surface area contributed by atoms with E-state index in [1.54, 1.807) is 17.5 Å². The maximum Gasteiger partial charge on any atom is 0.307 e. The standard InChI is InChI=1S/C14H15N3O2S/c18-14(19)10-4-6-17(7-10)8-11-9-20-13(16-11)12-3-1-2-5-15-12/h1-3,5,9-10H,4,6-8H2,(H,18,19). The van der Waals surface area contributed by atoms with E-state index in [2.05, 4.69) is 14.9 Å². The maximum atomic E-state index is 10.9. The van der Waals surface area contributed by atoms with Crippen LogP contribution in [0.15, 0.2) is 29.8 Å². The molecule has 1 aliphatic heterocycles. The zero-order valence-corrected chi connectivity index (χ0v) is 11.7. The third-order valence-electron chi connectivity index (χ3n) is 3.44. The number of aliphatic carboxylic acids is 1. The molecule has 3 rings (SSSR count). The minimum Gasteiger partial charge on any atom is -0.481 e. The summed E-state index contributed by atoms with van der Waals surface area (Å²) < 4.78 is 0. The predicted molar refractivity (Wildman–Crippen MR) is 76.4 cm³/mol. The Bertz CT molecular complexity index is 599. The van der Waals surface area contributed by atoms with Crippen molar-refractivity contribution >= 4 is 17.3 Å². The molecule has 2 aromatic rings. The first-order valence-electron chi connectivity index (χ1n) is 6.53. The van der Waals surface area contributed by atoms with Crippen molar-refractivity contribution in [3.05, 3.63) is 35.5 Å². The number of pyridine rings is 1. The van der Waals surface area contributed by atoms with Gasteiger partial charge in [0, 0.05) is 24.7 Å². The first-order chi connectivity index (χ1) is 9.72. The maximum absolute atomic E-state index is 10.9. The van der Waals surface area contributed by atoms with Crippen molar-refractivity contribution in [1.29, 1.82) is 0 Å². The third kappa shape index (κ3) is 2.86. The highest BCUT2D eigenvalue weighted by molar-refractivity contribution is 7.13. The van der Waals surface area contributed by atoms with Crippen LogP contribution < -0.4 is 0 Å². The molecule has 1 saturated heterocycles. The van der Waals surface area contributed by atoms with Gasteiger partial charge in [-0.05, 0) is 25.1 Å². The number of thiazole rings is 1. The molecule has 0 saturated carbocycles. The Morgan fingerprint density at radius 3 is 3.10 bits per heavy atom. The lowest BCUT2D eigenvalue weighted by atomic mass is 10.1. The number of carbonyl (C=O) groups is 1. The molecule has 6 heteroatoms. The lowest BCUT2D eigenvalue weighted by Gasteiger charge is -2.12. The van der Waals surface area contributed by atoms with Crippen molar-refractivity contribution in [3.63, 3.8) is 0 Å². The van der Waals surface area contributed by atoms with Crippen LogP contribution in [-0.2, 0) is 11.3 Å². The summed E-state index contributed by atoms with van der Waals surface area (Å²) in [6.45, 7) is 2.16. The predicted octanol–water partition coefficient (Wildman–Crippen LogP) is 2.11. The molecule has 5 nitrogen and oxygen atoms in total. The number of rotatable bonds is 4. The zero-order chi connectivity index (χ0) is 13.9. The Labute approximate surface area is 120 Å². The molecular formula is C14H15N3O2S. The van der Waals surface area contributed by atoms with Crippen LogP contribution in [-0.4, -0.2) is 39.0 Å². The van der Waals surface area contributed by atoms with E-state index in [9.17, 15) is 4.79 Å². The van der Waals surface area contributed by atoms with Crippen LogP contribution >= 0.6 is 11.3 Å². The summed E-state index contributed by atoms with van der Waals surface area (Å²) in [5.41, 5.74) is 1.87. The molecule has 0 amide bonds. The summed E-state index contributed by atoms with van der Waals surface area (Å²) >= 11 is 1.58. The molecule has 20 heavy (non-hydrogen) atoms. The van der Waals surface area contributed by atoms with Gasteiger partial charge in [0.2, 0.25) is 0 Å². The quantitative estimate of drug-likeness (QED) is 0.933. The SMILES string of the molecule is O=C(O)C1CCN(Cc2csc(-c3ccccn3)n2)C1. The van der Waals surface area contributed by atoms with Gasteiger partial charge in [-0.25, -0.2) is 4.98 Å². The highest BCUT2D eigenvalue weighted by Crippen LogP contribution is 2.24. The van der Waals surface area contributed by atoms with Crippen LogP contribution in [0.4, 0.5) is 0 Å². The van der Waals surface area contributed by atoms with Crippen molar-refractivity contribution in [3.8, 4) is 10.7 Å². The van der Waals surface area contributed by atoms with Crippen LogP contribution in [0.2, 0.25) is 0 Å². The Hall–Kier alpha value is -1.79. The van der Waals surface area contributed by atoms with E-state index in [1.807, 2.05) is 23.6 Å². The summed E-state index contributed by atoms with van der Waals surface area (Å²) in [6, 6.07) is 5.77. The van der Waals surface area contributed by atoms with E-state index in [0.717, 1.165) is 29.4 Å². The van der Waals surface area contributed by atoms with Crippen LogP contribution in [0.3, 0.4) is 0 Å². The first kappa shape index (κ1) is 13.2. The van der Waals surface area contributed by atoms with E-state index in [4.69, 9.17) is 5.11 Å². The Morgan fingerprint density at radius 2 is 2.40 bits per heavy atom. The number of carboxylic acid groups (broad SMARTS) is 1. The fourth-order valence-electron chi connectivity index (χ4n) is 2.39. The monoisotopic (exact) mass is 289 g/mol. The second-order valence-corrected chi connectivity index (χ2v) is 5.78. The highest BCUT2D eigenvalue weighted by atomic mass is 32.1. The van der Waals surface area contributed by atoms with E-state index in [1.165, 1.54) is 0 Å². The van der Waals surface area contributed by atoms with Crippen molar-refractivity contribution < 1.29 is 9.90 Å². The van der Waals surface area contributed by atoms with Crippen LogP contribution in [0, 0.1) is 5.92 Å². The third-order valence-corrected chi connectivity index (χ3v) is 4.36. The molecule has 2 aromatic heterocycles. The summed E-state index contributed by atoms with van der Waals surface area (Å²) in [4.78, 5) is 22.0. The average Bonchev–Trinajstić information content (AvgIpc) is 3.10. The van der Waals surface area contributed by atoms with Gasteiger partial charge in [-0.1, -0.05) is 6.07 Å². The van der Waals surface area contributed by atoms with Gasteiger partial charge in [0.1, 0.15) is 5.01 Å². The number of nitrogens with zero attached hydrogens (tertiary/aromatic N) is 3. The van der Waals surface area contributed by atoms with Crippen molar-refractivity contribution in [1.82, 2.24) is 14.9 Å². The molecular weight excluding hydrogens is 274 g/mol. The molecule has 1 N–H and O–H groups in total. The van der Waals surface area contributed by atoms with Gasteiger partial charge < -0.3 is 5.11 Å². The zero-order valence-electron chi connectivity index (χ0n) is 10.9. The average molecular weight is 289 g/mol. The van der Waals surface area contributed by atoms with Gasteiger partial charge in [-0.15, -0.1) is 11.3 Å². The summed E-state index contributed by atoms with van der Waals surface area (Å²) in [6.07, 6.45) is 2.49. The fraction of sp³-hybridized carbons (Fsp3) is 0.357. The molecule has 0 bridgehead atoms. The van der Waals surface area contributed by atoms with Crippen molar-refractivity contribution in [2.24, 2.45) is 5.92 Å². The number of likely N-dealkylation sites (tertiary alicyclic amines) is 1. The molecule has 1 atom stereocenters. The van der Waals surface area contributed by atoms with Gasteiger partial charge in [0.15, 0.2) is 0 Å². The molecule has 0 aliphatic carbocycles. The van der Waals surface area contributed by atoms with Gasteiger partial charge in [-0.3, -0.25) is 14.7 Å². The van der Waals surface area contributed by atoms with Gasteiger partial charge >= 0.3 is 5.97 Å². The molecule has 1 unspecified atom stereocenters. The Morgan fingerprint density at radius 1 is 1.50 bits per heavy atom. The topological polar surface area (TPSA) is 66.3 Å². The smallest absolute Gasteiger partial charge is 0.307 e. The minimum absolute atomic E-state index is 0.233. The lowest BCUT2D eigenvalue weighted by Crippen LogP contribution is -2.22. The van der Waals surface area contributed by atoms with Gasteiger partial charge in [-0.2, -0.15) is 0 Å². The second kappa shape index (κ2) is 5.68. The Kier molecular flexibility index (Phi) is 3.75. The van der Waals surface area contributed by atoms with Crippen molar-refractivity contribution in [2.45, 2.75) is 13.0 Å². The summed E-state index contributed by atoms with van der Waals surface area (Å²) in [5, 5.41) is 11.9. The molecule has 0 spiro atoms. The van der Waals surface area contributed by atoms with Gasteiger partial charge in [0.05, 0.1) is 17.3 Å². The number of hydrogen-bond acceptors (Lipinski definition) is 5. The Balaban J connectivity index is 1.65. The second-order valence-electron chi connectivity index (χ2n) is 4.92. The summed E-state index contributed by atoms with van der Waals surface area (Å²) in [5.74, 6) is -0.927. The van der Waals surface area contributed by atoms with E-state index < -0.39 is 5.97 Å². The number of hydrogen-bond donors (Lipinski definition) is 1. The van der Waals surface area contributed by atoms with E-state index in [-0.39, 0.29) is 5.92 Å². The molecule has 104 valence electrons. The molecule has 3 heterocycles. The highest BCUT2D eigenvalue weighted by Gasteiger charge is 2.28. The van der Waals surface area contributed by atoms with E-state index >= 15 is 0 Å². The van der Waals surface area contributed by atoms with Crippen LogP contribution in [0.5, 0.6) is 0 Å².